The summed E-state index contributed by atoms with van der Waals surface area (Å²) in [5.41, 5.74) is 0.333. The van der Waals surface area contributed by atoms with E-state index in [0.717, 1.165) is 0 Å². The van der Waals surface area contributed by atoms with E-state index in [1.807, 2.05) is 0 Å². The van der Waals surface area contributed by atoms with Gasteiger partial charge in [-0.2, -0.15) is 0 Å². The highest BCUT2D eigenvalue weighted by molar-refractivity contribution is 6.31. The smallest absolute Gasteiger partial charge is 0.316 e. The average Bonchev–Trinajstić information content (AvgIpc) is 2.38. The van der Waals surface area contributed by atoms with E-state index in [0.29, 0.717) is 22.8 Å². The van der Waals surface area contributed by atoms with Crippen molar-refractivity contribution in [2.45, 2.75) is 13.3 Å². The Bertz CT molecular complexity index is 456. The number of halogens is 1. The Morgan fingerprint density at radius 2 is 2.00 bits per heavy atom. The summed E-state index contributed by atoms with van der Waals surface area (Å²) in [5.74, 6) is -1.32. The molecule has 0 aliphatic heterocycles. The molecule has 1 aromatic rings. The van der Waals surface area contributed by atoms with Crippen LogP contribution in [0.4, 0.5) is 0 Å². The minimum Gasteiger partial charge on any atom is -0.496 e. The van der Waals surface area contributed by atoms with Gasteiger partial charge in [-0.05, 0) is 24.6 Å². The molecule has 5 heteroatoms. The van der Waals surface area contributed by atoms with Crippen LogP contribution in [0.1, 0.15) is 23.7 Å². The van der Waals surface area contributed by atoms with Crippen molar-refractivity contribution in [1.82, 2.24) is 0 Å². The second-order valence-corrected chi connectivity index (χ2v) is 4.13. The summed E-state index contributed by atoms with van der Waals surface area (Å²) in [6.45, 7) is 1.75. The minimum absolute atomic E-state index is 0.321. The van der Waals surface area contributed by atoms with Gasteiger partial charge in [-0.25, -0.2) is 0 Å². The van der Waals surface area contributed by atoms with Gasteiger partial charge in [-0.3, -0.25) is 9.59 Å². The third-order valence-corrected chi connectivity index (χ3v) is 2.87. The standard InChI is InChI=1S/C13H15ClO4/c1-4-9(13(16)18-3)12(15)10-6-5-8(14)7-11(10)17-2/h5-7,9H,4H2,1-3H3. The Kier molecular flexibility index (Phi) is 5.16. The number of rotatable bonds is 5. The second-order valence-electron chi connectivity index (χ2n) is 3.69. The molecule has 0 saturated heterocycles. The molecule has 98 valence electrons. The maximum absolute atomic E-state index is 12.2. The molecule has 18 heavy (non-hydrogen) atoms. The molecule has 0 radical (unpaired) electrons. The molecule has 1 atom stereocenters. The molecule has 1 rings (SSSR count). The number of methoxy groups -OCH3 is 2. The maximum atomic E-state index is 12.2. The number of benzene rings is 1. The Morgan fingerprint density at radius 3 is 2.50 bits per heavy atom. The number of hydrogen-bond acceptors (Lipinski definition) is 4. The van der Waals surface area contributed by atoms with E-state index in [1.54, 1.807) is 25.1 Å². The topological polar surface area (TPSA) is 52.6 Å². The summed E-state index contributed by atoms with van der Waals surface area (Å²) in [7, 11) is 2.71. The first-order chi connectivity index (χ1) is 8.54. The van der Waals surface area contributed by atoms with Crippen molar-refractivity contribution in [3.8, 4) is 5.75 Å². The van der Waals surface area contributed by atoms with Crippen LogP contribution >= 0.6 is 11.6 Å². The van der Waals surface area contributed by atoms with Gasteiger partial charge in [0, 0.05) is 5.02 Å². The van der Waals surface area contributed by atoms with Gasteiger partial charge in [-0.1, -0.05) is 18.5 Å². The van der Waals surface area contributed by atoms with E-state index in [2.05, 4.69) is 4.74 Å². The molecule has 1 unspecified atom stereocenters. The van der Waals surface area contributed by atoms with Crippen molar-refractivity contribution in [1.29, 1.82) is 0 Å². The lowest BCUT2D eigenvalue weighted by Crippen LogP contribution is -2.25. The first-order valence-electron chi connectivity index (χ1n) is 5.50. The number of carbonyl (C=O) groups is 2. The van der Waals surface area contributed by atoms with Crippen molar-refractivity contribution < 1.29 is 19.1 Å². The van der Waals surface area contributed by atoms with Crippen LogP contribution in [0.15, 0.2) is 18.2 Å². The second kappa shape index (κ2) is 6.40. The van der Waals surface area contributed by atoms with Crippen LogP contribution in [0.25, 0.3) is 0 Å². The van der Waals surface area contributed by atoms with Gasteiger partial charge < -0.3 is 9.47 Å². The predicted octanol–water partition coefficient (Wildman–Crippen LogP) is 2.73. The van der Waals surface area contributed by atoms with Gasteiger partial charge in [0.15, 0.2) is 5.78 Å². The summed E-state index contributed by atoms with van der Waals surface area (Å²) >= 11 is 5.82. The van der Waals surface area contributed by atoms with Gasteiger partial charge in [-0.15, -0.1) is 0 Å². The first-order valence-corrected chi connectivity index (χ1v) is 5.88. The fraction of sp³-hybridized carbons (Fsp3) is 0.385. The third-order valence-electron chi connectivity index (χ3n) is 2.64. The molecule has 4 nitrogen and oxygen atoms in total. The number of carbonyl (C=O) groups excluding carboxylic acids is 2. The predicted molar refractivity (Wildman–Crippen MR) is 68.1 cm³/mol. The lowest BCUT2D eigenvalue weighted by atomic mass is 9.95. The molecule has 0 spiro atoms. The highest BCUT2D eigenvalue weighted by Gasteiger charge is 2.28. The molecule has 0 heterocycles. The monoisotopic (exact) mass is 270 g/mol. The SMILES string of the molecule is CCC(C(=O)OC)C(=O)c1ccc(Cl)cc1OC. The molecule has 0 N–H and O–H groups in total. The minimum atomic E-state index is -0.815. The van der Waals surface area contributed by atoms with Crippen molar-refractivity contribution in [2.75, 3.05) is 14.2 Å². The van der Waals surface area contributed by atoms with Crippen LogP contribution in [0.3, 0.4) is 0 Å². The molecule has 0 aliphatic rings. The van der Waals surface area contributed by atoms with Crippen LogP contribution in [-0.2, 0) is 9.53 Å². The van der Waals surface area contributed by atoms with Crippen LogP contribution in [-0.4, -0.2) is 26.0 Å². The number of ether oxygens (including phenoxy) is 2. The van der Waals surface area contributed by atoms with E-state index in [-0.39, 0.29) is 5.78 Å². The van der Waals surface area contributed by atoms with Gasteiger partial charge >= 0.3 is 5.97 Å². The Balaban J connectivity index is 3.13. The normalized spacial score (nSPS) is 11.8. The Labute approximate surface area is 111 Å². The van der Waals surface area contributed by atoms with Crippen molar-refractivity contribution in [2.24, 2.45) is 5.92 Å². The van der Waals surface area contributed by atoms with E-state index >= 15 is 0 Å². The summed E-state index contributed by atoms with van der Waals surface area (Å²) in [5, 5.41) is 0.467. The molecule has 0 bridgehead atoms. The zero-order chi connectivity index (χ0) is 13.7. The fourth-order valence-corrected chi connectivity index (χ4v) is 1.82. The van der Waals surface area contributed by atoms with E-state index in [4.69, 9.17) is 16.3 Å². The zero-order valence-corrected chi connectivity index (χ0v) is 11.3. The Hall–Kier alpha value is -1.55. The summed E-state index contributed by atoms with van der Waals surface area (Å²) in [6.07, 6.45) is 0.372. The van der Waals surface area contributed by atoms with Gasteiger partial charge in [0.05, 0.1) is 19.8 Å². The fourth-order valence-electron chi connectivity index (χ4n) is 1.66. The molecule has 0 aromatic heterocycles. The molecule has 0 aliphatic carbocycles. The third kappa shape index (κ3) is 3.01. The highest BCUT2D eigenvalue weighted by atomic mass is 35.5. The van der Waals surface area contributed by atoms with Crippen LogP contribution < -0.4 is 4.74 Å². The number of ketones is 1. The van der Waals surface area contributed by atoms with E-state index < -0.39 is 11.9 Å². The molecule has 0 amide bonds. The number of hydrogen-bond donors (Lipinski definition) is 0. The molecular weight excluding hydrogens is 256 g/mol. The lowest BCUT2D eigenvalue weighted by molar-refractivity contribution is -0.143. The summed E-state index contributed by atoms with van der Waals surface area (Å²) in [4.78, 5) is 23.8. The Morgan fingerprint density at radius 1 is 1.33 bits per heavy atom. The van der Waals surface area contributed by atoms with Gasteiger partial charge in [0.2, 0.25) is 0 Å². The number of esters is 1. The average molecular weight is 271 g/mol. The van der Waals surface area contributed by atoms with Gasteiger partial charge in [0.25, 0.3) is 0 Å². The summed E-state index contributed by atoms with van der Waals surface area (Å²) in [6, 6.07) is 4.68. The quantitative estimate of drug-likeness (QED) is 0.469. The van der Waals surface area contributed by atoms with Crippen LogP contribution in [0.2, 0.25) is 5.02 Å². The zero-order valence-electron chi connectivity index (χ0n) is 10.5. The van der Waals surface area contributed by atoms with E-state index in [9.17, 15) is 9.59 Å². The largest absolute Gasteiger partial charge is 0.496 e. The van der Waals surface area contributed by atoms with Crippen molar-refractivity contribution >= 4 is 23.4 Å². The van der Waals surface area contributed by atoms with Crippen LogP contribution in [0.5, 0.6) is 5.75 Å². The number of Topliss-reactive ketones (excluding diaryl/α,β-unsaturated/α-hetero) is 1. The lowest BCUT2D eigenvalue weighted by Gasteiger charge is -2.13. The molecule has 0 saturated carbocycles. The first kappa shape index (κ1) is 14.5. The highest BCUT2D eigenvalue weighted by Crippen LogP contribution is 2.26. The van der Waals surface area contributed by atoms with Crippen LogP contribution in [0, 0.1) is 5.92 Å². The summed E-state index contributed by atoms with van der Waals surface area (Å²) < 4.78 is 9.71. The van der Waals surface area contributed by atoms with Crippen molar-refractivity contribution in [3.63, 3.8) is 0 Å². The van der Waals surface area contributed by atoms with E-state index in [1.165, 1.54) is 14.2 Å². The maximum Gasteiger partial charge on any atom is 0.316 e. The molecule has 1 aromatic carbocycles. The molecular formula is C13H15ClO4. The van der Waals surface area contributed by atoms with Crippen molar-refractivity contribution in [3.05, 3.63) is 28.8 Å². The molecule has 0 fully saturated rings. The van der Waals surface area contributed by atoms with Gasteiger partial charge in [0.1, 0.15) is 11.7 Å².